The lowest BCUT2D eigenvalue weighted by Gasteiger charge is -2.09. The Morgan fingerprint density at radius 1 is 1.29 bits per heavy atom. The van der Waals surface area contributed by atoms with E-state index < -0.39 is 0 Å². The molecule has 21 heavy (non-hydrogen) atoms. The highest BCUT2D eigenvalue weighted by Crippen LogP contribution is 2.33. The third-order valence-electron chi connectivity index (χ3n) is 3.80. The first kappa shape index (κ1) is 14.3. The van der Waals surface area contributed by atoms with Gasteiger partial charge in [0.05, 0.1) is 4.47 Å². The first-order chi connectivity index (χ1) is 10.1. The number of nitrogens with one attached hydrogen (secondary N) is 1. The molecule has 0 saturated carbocycles. The minimum Gasteiger partial charge on any atom is -0.384 e. The molecule has 1 aliphatic heterocycles. The van der Waals surface area contributed by atoms with Crippen LogP contribution in [0, 0.1) is 5.82 Å². The number of anilines is 1. The van der Waals surface area contributed by atoms with Crippen LogP contribution in [0.1, 0.15) is 23.5 Å². The molecular formula is C17H15BrFNO. The molecule has 0 spiro atoms. The van der Waals surface area contributed by atoms with E-state index in [1.807, 2.05) is 18.2 Å². The summed E-state index contributed by atoms with van der Waals surface area (Å²) in [5, 5.41) is 3.33. The van der Waals surface area contributed by atoms with Crippen molar-refractivity contribution in [2.75, 3.05) is 11.9 Å². The Labute approximate surface area is 131 Å². The number of fused-ring (bicyclic) bond motifs is 1. The van der Waals surface area contributed by atoms with Crippen molar-refractivity contribution in [2.24, 2.45) is 0 Å². The normalized spacial score (nSPS) is 16.4. The van der Waals surface area contributed by atoms with Gasteiger partial charge in [0, 0.05) is 31.0 Å². The van der Waals surface area contributed by atoms with Crippen molar-refractivity contribution in [1.82, 2.24) is 0 Å². The minimum absolute atomic E-state index is 0.178. The summed E-state index contributed by atoms with van der Waals surface area (Å²) in [6.45, 7) is 0.804. The molecule has 108 valence electrons. The Morgan fingerprint density at radius 3 is 2.90 bits per heavy atom. The van der Waals surface area contributed by atoms with E-state index in [9.17, 15) is 9.18 Å². The van der Waals surface area contributed by atoms with Crippen LogP contribution in [0.15, 0.2) is 46.9 Å². The lowest BCUT2D eigenvalue weighted by molar-refractivity contribution is -0.118. The van der Waals surface area contributed by atoms with Crippen LogP contribution in [0.25, 0.3) is 0 Å². The van der Waals surface area contributed by atoms with Gasteiger partial charge in [-0.3, -0.25) is 4.79 Å². The zero-order valence-electron chi connectivity index (χ0n) is 11.4. The summed E-state index contributed by atoms with van der Waals surface area (Å²) < 4.78 is 13.6. The molecule has 0 bridgehead atoms. The maximum absolute atomic E-state index is 13.2. The summed E-state index contributed by atoms with van der Waals surface area (Å²) in [6.07, 6.45) is 0.858. The summed E-state index contributed by atoms with van der Waals surface area (Å²) >= 11 is 3.15. The summed E-state index contributed by atoms with van der Waals surface area (Å²) in [5.41, 5.74) is 3.18. The van der Waals surface area contributed by atoms with E-state index in [4.69, 9.17) is 0 Å². The van der Waals surface area contributed by atoms with Crippen LogP contribution in [-0.2, 0) is 11.2 Å². The van der Waals surface area contributed by atoms with Crippen molar-refractivity contribution in [2.45, 2.75) is 18.8 Å². The standard InChI is InChI=1S/C17H15BrFNO/c18-15-8-11(5-6-16(15)19)7-13(21)9-12-10-20-17-4-2-1-3-14(12)17/h1-6,8,12,20H,7,9-10H2. The fraction of sp³-hybridized carbons (Fsp3) is 0.235. The zero-order valence-corrected chi connectivity index (χ0v) is 13.0. The predicted molar refractivity (Wildman–Crippen MR) is 85.1 cm³/mol. The van der Waals surface area contributed by atoms with Gasteiger partial charge in [-0.05, 0) is 45.3 Å². The molecule has 4 heteroatoms. The van der Waals surface area contributed by atoms with Gasteiger partial charge in [0.25, 0.3) is 0 Å². The molecule has 1 aliphatic rings. The first-order valence-corrected chi connectivity index (χ1v) is 7.71. The van der Waals surface area contributed by atoms with Crippen LogP contribution in [-0.4, -0.2) is 12.3 Å². The van der Waals surface area contributed by atoms with E-state index in [1.54, 1.807) is 12.1 Å². The van der Waals surface area contributed by atoms with E-state index in [0.717, 1.165) is 17.8 Å². The van der Waals surface area contributed by atoms with E-state index in [-0.39, 0.29) is 17.5 Å². The van der Waals surface area contributed by atoms with Crippen molar-refractivity contribution in [3.8, 4) is 0 Å². The Balaban J connectivity index is 1.66. The smallest absolute Gasteiger partial charge is 0.137 e. The summed E-state index contributed by atoms with van der Waals surface area (Å²) in [7, 11) is 0. The molecule has 0 amide bonds. The SMILES string of the molecule is O=C(Cc1ccc(F)c(Br)c1)CC1CNc2ccccc21. The number of rotatable bonds is 4. The highest BCUT2D eigenvalue weighted by Gasteiger charge is 2.23. The van der Waals surface area contributed by atoms with Crippen LogP contribution in [0.3, 0.4) is 0 Å². The molecule has 0 aliphatic carbocycles. The van der Waals surface area contributed by atoms with Crippen molar-refractivity contribution >= 4 is 27.4 Å². The number of hydrogen-bond donors (Lipinski definition) is 1. The molecule has 0 radical (unpaired) electrons. The van der Waals surface area contributed by atoms with Gasteiger partial charge in [0.15, 0.2) is 0 Å². The van der Waals surface area contributed by atoms with Crippen LogP contribution < -0.4 is 5.32 Å². The molecule has 0 aromatic heterocycles. The molecule has 2 nitrogen and oxygen atoms in total. The molecule has 1 atom stereocenters. The van der Waals surface area contributed by atoms with Crippen molar-refractivity contribution < 1.29 is 9.18 Å². The molecule has 1 N–H and O–H groups in total. The predicted octanol–water partition coefficient (Wildman–Crippen LogP) is 4.30. The van der Waals surface area contributed by atoms with Crippen molar-refractivity contribution in [1.29, 1.82) is 0 Å². The Bertz CT molecular complexity index is 686. The Morgan fingerprint density at radius 2 is 2.10 bits per heavy atom. The molecule has 1 unspecified atom stereocenters. The first-order valence-electron chi connectivity index (χ1n) is 6.92. The monoisotopic (exact) mass is 347 g/mol. The summed E-state index contributed by atoms with van der Waals surface area (Å²) in [6, 6.07) is 12.8. The molecule has 2 aromatic carbocycles. The number of Topliss-reactive ketones (excluding diaryl/α,β-unsaturated/α-hetero) is 1. The van der Waals surface area contributed by atoms with Crippen LogP contribution in [0.2, 0.25) is 0 Å². The third kappa shape index (κ3) is 3.16. The molecule has 0 fully saturated rings. The number of benzene rings is 2. The molecule has 1 heterocycles. The number of halogens is 2. The lowest BCUT2D eigenvalue weighted by Crippen LogP contribution is -2.11. The van der Waals surface area contributed by atoms with E-state index in [0.29, 0.717) is 17.3 Å². The van der Waals surface area contributed by atoms with Gasteiger partial charge in [-0.2, -0.15) is 0 Å². The molecule has 3 rings (SSSR count). The van der Waals surface area contributed by atoms with Crippen molar-refractivity contribution in [3.63, 3.8) is 0 Å². The number of ketones is 1. The Kier molecular flexibility index (Phi) is 4.06. The summed E-state index contributed by atoms with van der Waals surface area (Å²) in [4.78, 5) is 12.2. The van der Waals surface area contributed by atoms with Crippen LogP contribution in [0.4, 0.5) is 10.1 Å². The fourth-order valence-electron chi connectivity index (χ4n) is 2.76. The Hall–Kier alpha value is -1.68. The van der Waals surface area contributed by atoms with E-state index >= 15 is 0 Å². The number of hydrogen-bond acceptors (Lipinski definition) is 2. The topological polar surface area (TPSA) is 29.1 Å². The largest absolute Gasteiger partial charge is 0.384 e. The average molecular weight is 348 g/mol. The minimum atomic E-state index is -0.305. The van der Waals surface area contributed by atoms with Crippen LogP contribution >= 0.6 is 15.9 Å². The second-order valence-corrected chi connectivity index (χ2v) is 6.19. The number of para-hydroxylation sites is 1. The van der Waals surface area contributed by atoms with Gasteiger partial charge in [-0.25, -0.2) is 4.39 Å². The number of carbonyl (C=O) groups is 1. The maximum Gasteiger partial charge on any atom is 0.137 e. The van der Waals surface area contributed by atoms with Gasteiger partial charge in [0.1, 0.15) is 11.6 Å². The van der Waals surface area contributed by atoms with Gasteiger partial charge < -0.3 is 5.32 Å². The highest BCUT2D eigenvalue weighted by atomic mass is 79.9. The molecular weight excluding hydrogens is 333 g/mol. The van der Waals surface area contributed by atoms with Gasteiger partial charge in [-0.1, -0.05) is 24.3 Å². The van der Waals surface area contributed by atoms with Gasteiger partial charge in [0.2, 0.25) is 0 Å². The zero-order chi connectivity index (χ0) is 14.8. The van der Waals surface area contributed by atoms with Crippen molar-refractivity contribution in [3.05, 3.63) is 63.9 Å². The summed E-state index contributed by atoms with van der Waals surface area (Å²) in [5.74, 6) is 0.106. The maximum atomic E-state index is 13.2. The third-order valence-corrected chi connectivity index (χ3v) is 4.41. The second-order valence-electron chi connectivity index (χ2n) is 5.33. The van der Waals surface area contributed by atoms with Gasteiger partial charge >= 0.3 is 0 Å². The van der Waals surface area contributed by atoms with E-state index in [1.165, 1.54) is 11.6 Å². The van der Waals surface area contributed by atoms with E-state index in [2.05, 4.69) is 27.3 Å². The molecule has 2 aromatic rings. The fourth-order valence-corrected chi connectivity index (χ4v) is 3.19. The highest BCUT2D eigenvalue weighted by molar-refractivity contribution is 9.10. The van der Waals surface area contributed by atoms with Gasteiger partial charge in [-0.15, -0.1) is 0 Å². The quantitative estimate of drug-likeness (QED) is 0.893. The van der Waals surface area contributed by atoms with Crippen LogP contribution in [0.5, 0.6) is 0 Å². The second kappa shape index (κ2) is 5.98. The average Bonchev–Trinajstić information content (AvgIpc) is 2.86. The lowest BCUT2D eigenvalue weighted by atomic mass is 9.93. The molecule has 0 saturated heterocycles. The number of carbonyl (C=O) groups excluding carboxylic acids is 1.